The van der Waals surface area contributed by atoms with Crippen LogP contribution < -0.4 is 11.1 Å². The number of carbonyl (C=O) groups is 1. The Balaban J connectivity index is 0.00000220. The Morgan fingerprint density at radius 2 is 2.09 bits per heavy atom. The highest BCUT2D eigenvalue weighted by molar-refractivity contribution is 5.86. The third kappa shape index (κ3) is 4.32. The van der Waals surface area contributed by atoms with Gasteiger partial charge in [0.25, 0.3) is 0 Å². The zero-order valence-electron chi connectivity index (χ0n) is 12.9. The van der Waals surface area contributed by atoms with Gasteiger partial charge in [0, 0.05) is 6.20 Å². The topological polar surface area (TPSA) is 85.3 Å². The third-order valence-electron chi connectivity index (χ3n) is 3.36. The van der Waals surface area contributed by atoms with E-state index in [-0.39, 0.29) is 36.8 Å². The van der Waals surface area contributed by atoms with Crippen molar-refractivity contribution < 1.29 is 4.79 Å². The molecule has 0 fully saturated rings. The first kappa shape index (κ1) is 20.6. The van der Waals surface area contributed by atoms with E-state index < -0.39 is 5.54 Å². The third-order valence-corrected chi connectivity index (χ3v) is 3.36. The molecule has 0 aliphatic rings. The van der Waals surface area contributed by atoms with E-state index in [1.54, 1.807) is 6.92 Å². The molecule has 0 saturated carbocycles. The molecule has 2 rings (SSSR count). The van der Waals surface area contributed by atoms with Crippen LogP contribution in [0.15, 0.2) is 24.4 Å². The van der Waals surface area contributed by atoms with Gasteiger partial charge in [-0.05, 0) is 32.4 Å². The lowest BCUT2D eigenvalue weighted by Gasteiger charge is -2.24. The fourth-order valence-electron chi connectivity index (χ4n) is 2.21. The lowest BCUT2D eigenvalue weighted by atomic mass is 9.96. The summed E-state index contributed by atoms with van der Waals surface area (Å²) in [5, 5.41) is 11.1. The van der Waals surface area contributed by atoms with Crippen molar-refractivity contribution in [2.45, 2.75) is 45.2 Å². The van der Waals surface area contributed by atoms with Crippen molar-refractivity contribution in [1.82, 2.24) is 19.9 Å². The molecule has 0 bridgehead atoms. The Bertz CT molecular complexity index is 614. The Morgan fingerprint density at radius 3 is 2.73 bits per heavy atom. The fraction of sp³-hybridized carbons (Fsp3) is 0.500. The number of pyridine rings is 1. The summed E-state index contributed by atoms with van der Waals surface area (Å²) in [5.41, 5.74) is 5.93. The van der Waals surface area contributed by atoms with E-state index in [9.17, 15) is 4.79 Å². The molecule has 2 heterocycles. The molecular formula is C14H23Cl2N5O. The van der Waals surface area contributed by atoms with E-state index in [0.717, 1.165) is 12.1 Å². The van der Waals surface area contributed by atoms with Crippen LogP contribution in [0.5, 0.6) is 0 Å². The number of hydrogen-bond acceptors (Lipinski definition) is 4. The number of carbonyl (C=O) groups excluding carboxylic acids is 1. The highest BCUT2D eigenvalue weighted by Crippen LogP contribution is 2.15. The Morgan fingerprint density at radius 1 is 1.41 bits per heavy atom. The summed E-state index contributed by atoms with van der Waals surface area (Å²) >= 11 is 0. The molecule has 124 valence electrons. The molecule has 0 saturated heterocycles. The van der Waals surface area contributed by atoms with Gasteiger partial charge in [-0.1, -0.05) is 19.4 Å². The number of nitrogens with one attached hydrogen (secondary N) is 1. The van der Waals surface area contributed by atoms with E-state index in [1.807, 2.05) is 42.6 Å². The van der Waals surface area contributed by atoms with Crippen molar-refractivity contribution >= 4 is 36.4 Å². The van der Waals surface area contributed by atoms with Crippen molar-refractivity contribution in [3.63, 3.8) is 0 Å². The second-order valence-electron chi connectivity index (χ2n) is 5.35. The van der Waals surface area contributed by atoms with Gasteiger partial charge in [0.2, 0.25) is 5.91 Å². The first-order chi connectivity index (χ1) is 9.45. The lowest BCUT2D eigenvalue weighted by molar-refractivity contribution is -0.126. The predicted molar refractivity (Wildman–Crippen MR) is 91.5 cm³/mol. The van der Waals surface area contributed by atoms with E-state index in [0.29, 0.717) is 12.2 Å². The smallest absolute Gasteiger partial charge is 0.240 e. The first-order valence-electron chi connectivity index (χ1n) is 6.85. The van der Waals surface area contributed by atoms with E-state index in [2.05, 4.69) is 15.5 Å². The summed E-state index contributed by atoms with van der Waals surface area (Å²) in [4.78, 5) is 12.2. The molecule has 0 aromatic carbocycles. The van der Waals surface area contributed by atoms with Crippen LogP contribution in [0.1, 0.15) is 45.5 Å². The number of rotatable bonds is 5. The first-order valence-corrected chi connectivity index (χ1v) is 6.85. The Labute approximate surface area is 142 Å². The molecule has 6 nitrogen and oxygen atoms in total. The van der Waals surface area contributed by atoms with Crippen molar-refractivity contribution in [1.29, 1.82) is 0 Å². The van der Waals surface area contributed by atoms with Crippen LogP contribution >= 0.6 is 24.8 Å². The molecule has 0 radical (unpaired) electrons. The predicted octanol–water partition coefficient (Wildman–Crippen LogP) is 2.27. The van der Waals surface area contributed by atoms with Gasteiger partial charge >= 0.3 is 0 Å². The second kappa shape index (κ2) is 8.31. The van der Waals surface area contributed by atoms with Gasteiger partial charge in [-0.25, -0.2) is 0 Å². The normalized spacial score (nSPS) is 14.4. The fourth-order valence-corrected chi connectivity index (χ4v) is 2.21. The maximum atomic E-state index is 12.2. The minimum Gasteiger partial charge on any atom is -0.345 e. The van der Waals surface area contributed by atoms with Crippen LogP contribution in [0, 0.1) is 0 Å². The summed E-state index contributed by atoms with van der Waals surface area (Å²) in [6.07, 6.45) is 3.38. The van der Waals surface area contributed by atoms with Crippen LogP contribution in [0.4, 0.5) is 0 Å². The quantitative estimate of drug-likeness (QED) is 0.868. The maximum absolute atomic E-state index is 12.2. The highest BCUT2D eigenvalue weighted by Gasteiger charge is 2.29. The van der Waals surface area contributed by atoms with E-state index >= 15 is 0 Å². The molecule has 0 spiro atoms. The van der Waals surface area contributed by atoms with Gasteiger partial charge in [0.1, 0.15) is 0 Å². The number of amides is 1. The van der Waals surface area contributed by atoms with Gasteiger partial charge < -0.3 is 11.1 Å². The standard InChI is InChI=1S/C14H21N5O.2ClH/c1-4-8-14(3,15)13(20)16-10(2)12-18-17-11-7-5-6-9-19(11)12;;/h5-7,9-10H,4,8,15H2,1-3H3,(H,16,20);2*1H. The molecular weight excluding hydrogens is 325 g/mol. The summed E-state index contributed by atoms with van der Waals surface area (Å²) in [6, 6.07) is 5.42. The van der Waals surface area contributed by atoms with Crippen molar-refractivity contribution in [2.75, 3.05) is 0 Å². The van der Waals surface area contributed by atoms with E-state index in [1.165, 1.54) is 0 Å². The summed E-state index contributed by atoms with van der Waals surface area (Å²) in [5.74, 6) is 0.528. The summed E-state index contributed by atoms with van der Waals surface area (Å²) in [7, 11) is 0. The minimum atomic E-state index is -0.858. The molecule has 3 N–H and O–H groups in total. The zero-order valence-corrected chi connectivity index (χ0v) is 14.6. The number of fused-ring (bicyclic) bond motifs is 1. The number of hydrogen-bond donors (Lipinski definition) is 2. The molecule has 8 heteroatoms. The van der Waals surface area contributed by atoms with Gasteiger partial charge in [0.05, 0.1) is 11.6 Å². The summed E-state index contributed by atoms with van der Waals surface area (Å²) in [6.45, 7) is 5.64. The van der Waals surface area contributed by atoms with Crippen LogP contribution in [0.25, 0.3) is 5.65 Å². The molecule has 22 heavy (non-hydrogen) atoms. The SMILES string of the molecule is CCCC(C)(N)C(=O)NC(C)c1nnc2ccccn12.Cl.Cl. The Kier molecular flexibility index (Phi) is 7.79. The van der Waals surface area contributed by atoms with Crippen molar-refractivity contribution in [2.24, 2.45) is 5.73 Å². The average molecular weight is 348 g/mol. The molecule has 0 aliphatic heterocycles. The second-order valence-corrected chi connectivity index (χ2v) is 5.35. The lowest BCUT2D eigenvalue weighted by Crippen LogP contribution is -2.52. The largest absolute Gasteiger partial charge is 0.345 e. The average Bonchev–Trinajstić information content (AvgIpc) is 2.82. The molecule has 1 amide bonds. The summed E-state index contributed by atoms with van der Waals surface area (Å²) < 4.78 is 1.86. The molecule has 2 unspecified atom stereocenters. The molecule has 2 aromatic rings. The van der Waals surface area contributed by atoms with Crippen LogP contribution in [0.3, 0.4) is 0 Å². The Hall–Kier alpha value is -1.37. The number of aromatic nitrogens is 3. The molecule has 2 atom stereocenters. The number of nitrogens with two attached hydrogens (primary N) is 1. The highest BCUT2D eigenvalue weighted by atomic mass is 35.5. The van der Waals surface area contributed by atoms with Crippen molar-refractivity contribution in [3.05, 3.63) is 30.2 Å². The number of halogens is 2. The van der Waals surface area contributed by atoms with Gasteiger partial charge in [-0.2, -0.15) is 0 Å². The number of nitrogens with zero attached hydrogens (tertiary/aromatic N) is 3. The van der Waals surface area contributed by atoms with Crippen LogP contribution in [-0.4, -0.2) is 26.0 Å². The van der Waals surface area contributed by atoms with Crippen molar-refractivity contribution in [3.8, 4) is 0 Å². The monoisotopic (exact) mass is 347 g/mol. The molecule has 0 aliphatic carbocycles. The van der Waals surface area contributed by atoms with Gasteiger partial charge in [0.15, 0.2) is 11.5 Å². The van der Waals surface area contributed by atoms with Gasteiger partial charge in [-0.3, -0.25) is 9.20 Å². The van der Waals surface area contributed by atoms with Crippen LogP contribution in [0.2, 0.25) is 0 Å². The minimum absolute atomic E-state index is 0. The zero-order chi connectivity index (χ0) is 14.8. The van der Waals surface area contributed by atoms with Gasteiger partial charge in [-0.15, -0.1) is 35.0 Å². The van der Waals surface area contributed by atoms with E-state index in [4.69, 9.17) is 5.73 Å². The van der Waals surface area contributed by atoms with Crippen LogP contribution in [-0.2, 0) is 4.79 Å². The maximum Gasteiger partial charge on any atom is 0.240 e. The molecule has 2 aromatic heterocycles.